The third kappa shape index (κ3) is 0.936. The van der Waals surface area contributed by atoms with E-state index in [1.165, 1.54) is 32.1 Å². The van der Waals surface area contributed by atoms with Gasteiger partial charge in [0.25, 0.3) is 0 Å². The lowest BCUT2D eigenvalue weighted by atomic mass is 9.71. The van der Waals surface area contributed by atoms with Gasteiger partial charge in [0.15, 0.2) is 0 Å². The van der Waals surface area contributed by atoms with Crippen molar-refractivity contribution in [2.45, 2.75) is 46.0 Å². The molecule has 0 aromatic rings. The molecule has 0 amide bonds. The number of Topliss-reactive ketones (excluding diaryl/α,β-unsaturated/α-hetero) is 1. The van der Waals surface area contributed by atoms with Crippen molar-refractivity contribution in [2.75, 3.05) is 0 Å². The first kappa shape index (κ1) is 8.94. The van der Waals surface area contributed by atoms with Crippen molar-refractivity contribution in [3.63, 3.8) is 0 Å². The first-order valence-corrected chi connectivity index (χ1v) is 6.15. The minimum Gasteiger partial charge on any atom is -0.299 e. The van der Waals surface area contributed by atoms with Crippen LogP contribution in [-0.4, -0.2) is 5.78 Å². The summed E-state index contributed by atoms with van der Waals surface area (Å²) in [6.45, 7) is 4.79. The Morgan fingerprint density at radius 2 is 1.93 bits per heavy atom. The molecule has 0 aliphatic heterocycles. The second-order valence-electron chi connectivity index (χ2n) is 6.26. The van der Waals surface area contributed by atoms with Crippen LogP contribution < -0.4 is 0 Å². The van der Waals surface area contributed by atoms with Gasteiger partial charge in [0.2, 0.25) is 0 Å². The van der Waals surface area contributed by atoms with Crippen LogP contribution in [0.1, 0.15) is 46.0 Å². The molecule has 3 aliphatic carbocycles. The van der Waals surface area contributed by atoms with E-state index in [1.54, 1.807) is 0 Å². The fraction of sp³-hybridized carbons (Fsp3) is 0.923. The van der Waals surface area contributed by atoms with Crippen LogP contribution in [0.5, 0.6) is 0 Å². The summed E-state index contributed by atoms with van der Waals surface area (Å²) in [7, 11) is 0. The molecule has 3 fully saturated rings. The molecule has 14 heavy (non-hydrogen) atoms. The number of carbonyl (C=O) groups excluding carboxylic acids is 1. The van der Waals surface area contributed by atoms with Crippen LogP contribution >= 0.6 is 0 Å². The molecule has 4 atom stereocenters. The second-order valence-corrected chi connectivity index (χ2v) is 6.26. The van der Waals surface area contributed by atoms with E-state index in [0.717, 1.165) is 11.8 Å². The first-order valence-electron chi connectivity index (χ1n) is 6.15. The molecule has 4 bridgehead atoms. The average Bonchev–Trinajstić information content (AvgIpc) is 2.60. The molecular formula is C13H20O. The lowest BCUT2D eigenvalue weighted by Crippen LogP contribution is -2.28. The standard InChI is InChI=1S/C13H20O/c1-13(2)7-3-4-9-8-5-6-10(11(8)13)12(9)14/h8-11H,3-7H2,1-2H3. The highest BCUT2D eigenvalue weighted by molar-refractivity contribution is 5.87. The predicted octanol–water partition coefficient (Wildman–Crippen LogP) is 3.04. The van der Waals surface area contributed by atoms with Crippen molar-refractivity contribution in [3.05, 3.63) is 0 Å². The Kier molecular flexibility index (Phi) is 1.67. The summed E-state index contributed by atoms with van der Waals surface area (Å²) >= 11 is 0. The van der Waals surface area contributed by atoms with Gasteiger partial charge in [-0.3, -0.25) is 4.79 Å². The summed E-state index contributed by atoms with van der Waals surface area (Å²) in [5, 5.41) is 0. The van der Waals surface area contributed by atoms with Gasteiger partial charge in [-0.1, -0.05) is 20.3 Å². The predicted molar refractivity (Wildman–Crippen MR) is 55.8 cm³/mol. The van der Waals surface area contributed by atoms with Gasteiger partial charge >= 0.3 is 0 Å². The Hall–Kier alpha value is -0.330. The zero-order valence-corrected chi connectivity index (χ0v) is 9.25. The van der Waals surface area contributed by atoms with Crippen molar-refractivity contribution in [3.8, 4) is 0 Å². The summed E-state index contributed by atoms with van der Waals surface area (Å²) in [5.41, 5.74) is 0.437. The largest absolute Gasteiger partial charge is 0.299 e. The van der Waals surface area contributed by atoms with Crippen LogP contribution in [0, 0.1) is 29.1 Å². The van der Waals surface area contributed by atoms with Crippen LogP contribution in [0.4, 0.5) is 0 Å². The zero-order chi connectivity index (χ0) is 9.92. The summed E-state index contributed by atoms with van der Waals surface area (Å²) in [6.07, 6.45) is 6.36. The highest BCUT2D eigenvalue weighted by Gasteiger charge is 2.59. The van der Waals surface area contributed by atoms with E-state index >= 15 is 0 Å². The third-order valence-electron chi connectivity index (χ3n) is 5.19. The maximum Gasteiger partial charge on any atom is 0.139 e. The van der Waals surface area contributed by atoms with Gasteiger partial charge in [-0.15, -0.1) is 0 Å². The van der Waals surface area contributed by atoms with Crippen LogP contribution in [0.15, 0.2) is 0 Å². The van der Waals surface area contributed by atoms with Gasteiger partial charge in [-0.2, -0.15) is 0 Å². The molecule has 3 saturated carbocycles. The number of hydrogen-bond donors (Lipinski definition) is 0. The quantitative estimate of drug-likeness (QED) is 0.576. The van der Waals surface area contributed by atoms with Gasteiger partial charge in [0.05, 0.1) is 0 Å². The van der Waals surface area contributed by atoms with E-state index < -0.39 is 0 Å². The Morgan fingerprint density at radius 1 is 1.14 bits per heavy atom. The minimum absolute atomic E-state index is 0.437. The molecule has 0 saturated heterocycles. The van der Waals surface area contributed by atoms with Crippen molar-refractivity contribution >= 4 is 5.78 Å². The molecule has 4 unspecified atom stereocenters. The van der Waals surface area contributed by atoms with Crippen molar-refractivity contribution in [1.82, 2.24) is 0 Å². The van der Waals surface area contributed by atoms with Crippen molar-refractivity contribution in [1.29, 1.82) is 0 Å². The molecule has 0 N–H and O–H groups in total. The van der Waals surface area contributed by atoms with E-state index in [1.807, 2.05) is 0 Å². The zero-order valence-electron chi connectivity index (χ0n) is 9.25. The van der Waals surface area contributed by atoms with Crippen LogP contribution in [0.3, 0.4) is 0 Å². The molecule has 1 heteroatoms. The summed E-state index contributed by atoms with van der Waals surface area (Å²) in [4.78, 5) is 12.1. The summed E-state index contributed by atoms with van der Waals surface area (Å²) < 4.78 is 0. The van der Waals surface area contributed by atoms with E-state index in [-0.39, 0.29) is 0 Å². The topological polar surface area (TPSA) is 17.1 Å². The molecule has 0 aromatic carbocycles. The Bertz CT molecular complexity index is 279. The Morgan fingerprint density at radius 3 is 2.71 bits per heavy atom. The SMILES string of the molecule is CC1(C)CCCC2C(=O)C3CCC2C31. The van der Waals surface area contributed by atoms with E-state index in [9.17, 15) is 4.79 Å². The van der Waals surface area contributed by atoms with Gasteiger partial charge in [0.1, 0.15) is 5.78 Å². The Balaban J connectivity index is 2.03. The van der Waals surface area contributed by atoms with Gasteiger partial charge < -0.3 is 0 Å². The van der Waals surface area contributed by atoms with Crippen molar-refractivity contribution in [2.24, 2.45) is 29.1 Å². The summed E-state index contributed by atoms with van der Waals surface area (Å²) in [5.74, 6) is 3.08. The lowest BCUT2D eigenvalue weighted by Gasteiger charge is -2.33. The molecule has 0 aromatic heterocycles. The van der Waals surface area contributed by atoms with Crippen LogP contribution in [0.25, 0.3) is 0 Å². The van der Waals surface area contributed by atoms with Crippen molar-refractivity contribution < 1.29 is 4.79 Å². The molecule has 0 spiro atoms. The maximum absolute atomic E-state index is 12.1. The number of carbonyl (C=O) groups is 1. The molecule has 3 aliphatic rings. The number of rotatable bonds is 0. The summed E-state index contributed by atoms with van der Waals surface area (Å²) in [6, 6.07) is 0. The number of hydrogen-bond acceptors (Lipinski definition) is 1. The third-order valence-corrected chi connectivity index (χ3v) is 5.19. The van der Waals surface area contributed by atoms with Crippen LogP contribution in [-0.2, 0) is 4.79 Å². The van der Waals surface area contributed by atoms with E-state index in [2.05, 4.69) is 13.8 Å². The molecular weight excluding hydrogens is 172 g/mol. The highest BCUT2D eigenvalue weighted by atomic mass is 16.1. The fourth-order valence-corrected chi connectivity index (χ4v) is 4.71. The minimum atomic E-state index is 0.437. The first-order chi connectivity index (χ1) is 6.61. The highest BCUT2D eigenvalue weighted by Crippen LogP contribution is 2.61. The van der Waals surface area contributed by atoms with E-state index in [4.69, 9.17) is 0 Å². The van der Waals surface area contributed by atoms with Crippen LogP contribution in [0.2, 0.25) is 0 Å². The molecule has 0 radical (unpaired) electrons. The second kappa shape index (κ2) is 2.62. The molecule has 78 valence electrons. The molecule has 3 rings (SSSR count). The van der Waals surface area contributed by atoms with Gasteiger partial charge in [-0.05, 0) is 42.9 Å². The smallest absolute Gasteiger partial charge is 0.139 e. The lowest BCUT2D eigenvalue weighted by molar-refractivity contribution is -0.126. The molecule has 1 nitrogen and oxygen atoms in total. The monoisotopic (exact) mass is 192 g/mol. The normalized spacial score (nSPS) is 49.4. The fourth-order valence-electron chi connectivity index (χ4n) is 4.71. The average molecular weight is 192 g/mol. The maximum atomic E-state index is 12.1. The van der Waals surface area contributed by atoms with E-state index in [0.29, 0.717) is 23.0 Å². The van der Waals surface area contributed by atoms with Gasteiger partial charge in [0, 0.05) is 11.8 Å². The number of ketones is 1. The Labute approximate surface area is 86.3 Å². The van der Waals surface area contributed by atoms with Gasteiger partial charge in [-0.25, -0.2) is 0 Å². The molecule has 0 heterocycles.